The molecule has 0 aliphatic rings. The van der Waals surface area contributed by atoms with Gasteiger partial charge in [0.25, 0.3) is 5.91 Å². The van der Waals surface area contributed by atoms with Crippen molar-refractivity contribution in [2.45, 2.75) is 65.6 Å². The number of benzene rings is 3. The smallest absolute Gasteiger partial charge is 0.261 e. The molecule has 0 aliphatic carbocycles. The van der Waals surface area contributed by atoms with Crippen LogP contribution in [0.5, 0.6) is 5.75 Å². The van der Waals surface area contributed by atoms with E-state index in [1.807, 2.05) is 93.6 Å². The number of amides is 2. The average Bonchev–Trinajstić information content (AvgIpc) is 2.90. The second-order valence-corrected chi connectivity index (χ2v) is 10.3. The molecule has 0 saturated heterocycles. The molecule has 0 aliphatic heterocycles. The van der Waals surface area contributed by atoms with Gasteiger partial charge in [0, 0.05) is 19.0 Å². The van der Waals surface area contributed by atoms with Crippen LogP contribution in [-0.4, -0.2) is 35.4 Å². The van der Waals surface area contributed by atoms with E-state index in [-0.39, 0.29) is 24.5 Å². The van der Waals surface area contributed by atoms with Crippen LogP contribution < -0.4 is 10.1 Å². The number of rotatable bonds is 12. The van der Waals surface area contributed by atoms with E-state index in [1.54, 1.807) is 4.90 Å². The molecule has 5 nitrogen and oxygen atoms in total. The number of ether oxygens (including phenoxy) is 1. The maximum atomic E-state index is 13.7. The van der Waals surface area contributed by atoms with Crippen LogP contribution in [0.1, 0.15) is 49.4 Å². The molecule has 0 bridgehead atoms. The lowest BCUT2D eigenvalue weighted by atomic mass is 10.0. The van der Waals surface area contributed by atoms with E-state index in [2.05, 4.69) is 28.2 Å². The van der Waals surface area contributed by atoms with Gasteiger partial charge in [0.2, 0.25) is 5.91 Å². The van der Waals surface area contributed by atoms with Gasteiger partial charge in [0.1, 0.15) is 11.8 Å². The van der Waals surface area contributed by atoms with Crippen LogP contribution in [0, 0.1) is 6.92 Å². The summed E-state index contributed by atoms with van der Waals surface area (Å²) < 4.78 is 6.76. The molecule has 2 atom stereocenters. The van der Waals surface area contributed by atoms with Gasteiger partial charge >= 0.3 is 0 Å². The van der Waals surface area contributed by atoms with E-state index >= 15 is 0 Å². The third kappa shape index (κ3) is 8.46. The summed E-state index contributed by atoms with van der Waals surface area (Å²) in [6, 6.07) is 23.0. The first kappa shape index (κ1) is 28.5. The fourth-order valence-electron chi connectivity index (χ4n) is 4.11. The molecule has 3 aromatic rings. The molecule has 0 spiro atoms. The number of carbonyl (C=O) groups excluding carboxylic acids is 2. The first-order valence-corrected chi connectivity index (χ1v) is 13.7. The number of aryl methyl sites for hydroxylation is 2. The lowest BCUT2D eigenvalue weighted by molar-refractivity contribution is -0.143. The molecule has 2 amide bonds. The molecule has 0 unspecified atom stereocenters. The zero-order valence-electron chi connectivity index (χ0n) is 22.2. The number of hydrogen-bond donors (Lipinski definition) is 1. The number of nitrogens with zero attached hydrogens (tertiary/aromatic N) is 1. The summed E-state index contributed by atoms with van der Waals surface area (Å²) in [6.07, 6.45) is 2.13. The maximum absolute atomic E-state index is 13.7. The number of nitrogens with one attached hydrogen (secondary N) is 1. The molecule has 37 heavy (non-hydrogen) atoms. The summed E-state index contributed by atoms with van der Waals surface area (Å²) in [5, 5.41) is 3.10. The molecule has 0 fully saturated rings. The molecule has 6 heteroatoms. The summed E-state index contributed by atoms with van der Waals surface area (Å²) in [6.45, 7) is 8.26. The van der Waals surface area contributed by atoms with Gasteiger partial charge in [-0.15, -0.1) is 0 Å². The largest absolute Gasteiger partial charge is 0.483 e. The molecular weight excluding hydrogens is 528 g/mol. The van der Waals surface area contributed by atoms with Crippen molar-refractivity contribution >= 4 is 27.7 Å². The Bertz CT molecular complexity index is 1180. The highest BCUT2D eigenvalue weighted by molar-refractivity contribution is 9.10. The third-order valence-electron chi connectivity index (χ3n) is 6.46. The van der Waals surface area contributed by atoms with Crippen molar-refractivity contribution in [2.75, 3.05) is 6.61 Å². The van der Waals surface area contributed by atoms with E-state index in [0.717, 1.165) is 34.0 Å². The Labute approximate surface area is 229 Å². The first-order chi connectivity index (χ1) is 17.8. The molecule has 1 N–H and O–H groups in total. The van der Waals surface area contributed by atoms with Crippen molar-refractivity contribution in [3.8, 4) is 5.75 Å². The average molecular weight is 566 g/mol. The zero-order valence-corrected chi connectivity index (χ0v) is 23.8. The highest BCUT2D eigenvalue weighted by Crippen LogP contribution is 2.26. The standard InChI is InChI=1S/C31H37BrN2O3/c1-5-23(4)33-31(36)28(19-25-12-8-7-9-13-25)34(20-26-14-10-11-22(3)17-26)30(35)21-37-29-16-15-24(6-2)18-27(29)32/h7-18,23,28H,5-6,19-21H2,1-4H3,(H,33,36)/t23-,28+/m0/s1. The van der Waals surface area contributed by atoms with Crippen LogP contribution in [0.15, 0.2) is 77.3 Å². The molecule has 3 rings (SSSR count). The van der Waals surface area contributed by atoms with Gasteiger partial charge in [0.05, 0.1) is 4.47 Å². The SMILES string of the molecule is CCc1ccc(OCC(=O)N(Cc2cccc(C)c2)[C@H](Cc2ccccc2)C(=O)N[C@@H](C)CC)c(Br)c1. The van der Waals surface area contributed by atoms with Crippen LogP contribution in [0.3, 0.4) is 0 Å². The van der Waals surface area contributed by atoms with Crippen molar-refractivity contribution in [1.29, 1.82) is 0 Å². The van der Waals surface area contributed by atoms with E-state index < -0.39 is 6.04 Å². The van der Waals surface area contributed by atoms with Gasteiger partial charge in [-0.2, -0.15) is 0 Å². The maximum Gasteiger partial charge on any atom is 0.261 e. The van der Waals surface area contributed by atoms with Crippen LogP contribution in [0.4, 0.5) is 0 Å². The lowest BCUT2D eigenvalue weighted by Gasteiger charge is -2.32. The molecule has 3 aromatic carbocycles. The second-order valence-electron chi connectivity index (χ2n) is 9.44. The fraction of sp³-hybridized carbons (Fsp3) is 0.355. The van der Waals surface area contributed by atoms with E-state index in [9.17, 15) is 9.59 Å². The van der Waals surface area contributed by atoms with Crippen molar-refractivity contribution < 1.29 is 14.3 Å². The van der Waals surface area contributed by atoms with Gasteiger partial charge in [-0.3, -0.25) is 9.59 Å². The van der Waals surface area contributed by atoms with E-state index in [1.165, 1.54) is 5.56 Å². The van der Waals surface area contributed by atoms with Crippen molar-refractivity contribution in [1.82, 2.24) is 10.2 Å². The molecule has 196 valence electrons. The minimum absolute atomic E-state index is 0.00554. The van der Waals surface area contributed by atoms with Crippen LogP contribution >= 0.6 is 15.9 Å². The second kappa shape index (κ2) is 14.0. The van der Waals surface area contributed by atoms with Gasteiger partial charge in [-0.05, 0) is 71.4 Å². The lowest BCUT2D eigenvalue weighted by Crippen LogP contribution is -2.53. The van der Waals surface area contributed by atoms with Crippen LogP contribution in [0.2, 0.25) is 0 Å². The van der Waals surface area contributed by atoms with Gasteiger partial charge in [-0.25, -0.2) is 0 Å². The van der Waals surface area contributed by atoms with Crippen molar-refractivity contribution in [3.63, 3.8) is 0 Å². The Hall–Kier alpha value is -3.12. The normalized spacial score (nSPS) is 12.5. The number of carbonyl (C=O) groups is 2. The van der Waals surface area contributed by atoms with E-state index in [4.69, 9.17) is 4.74 Å². The Morgan fingerprint density at radius 3 is 2.32 bits per heavy atom. The van der Waals surface area contributed by atoms with Crippen LogP contribution in [0.25, 0.3) is 0 Å². The first-order valence-electron chi connectivity index (χ1n) is 12.9. The highest BCUT2D eigenvalue weighted by Gasteiger charge is 2.31. The molecular formula is C31H37BrN2O3. The molecule has 0 aromatic heterocycles. The Morgan fingerprint density at radius 1 is 0.946 bits per heavy atom. The Balaban J connectivity index is 1.92. The number of halogens is 1. The summed E-state index contributed by atoms with van der Waals surface area (Å²) in [7, 11) is 0. The zero-order chi connectivity index (χ0) is 26.8. The fourth-order valence-corrected chi connectivity index (χ4v) is 4.65. The third-order valence-corrected chi connectivity index (χ3v) is 7.08. The summed E-state index contributed by atoms with van der Waals surface area (Å²) in [5.41, 5.74) is 4.24. The molecule has 0 heterocycles. The molecule has 0 saturated carbocycles. The predicted molar refractivity (Wildman–Crippen MR) is 153 cm³/mol. The Morgan fingerprint density at radius 2 is 1.68 bits per heavy atom. The minimum Gasteiger partial charge on any atom is -0.483 e. The Kier molecular flexibility index (Phi) is 10.8. The summed E-state index contributed by atoms with van der Waals surface area (Å²) in [5.74, 6) is 0.200. The van der Waals surface area contributed by atoms with Crippen molar-refractivity contribution in [3.05, 3.63) is 99.5 Å². The highest BCUT2D eigenvalue weighted by atomic mass is 79.9. The topological polar surface area (TPSA) is 58.6 Å². The van der Waals surface area contributed by atoms with E-state index in [0.29, 0.717) is 18.7 Å². The minimum atomic E-state index is -0.682. The molecule has 0 radical (unpaired) electrons. The summed E-state index contributed by atoms with van der Waals surface area (Å²) >= 11 is 3.55. The van der Waals surface area contributed by atoms with Gasteiger partial charge < -0.3 is 15.0 Å². The quantitative estimate of drug-likeness (QED) is 0.282. The summed E-state index contributed by atoms with van der Waals surface area (Å²) in [4.78, 5) is 29.0. The van der Waals surface area contributed by atoms with Crippen LogP contribution in [-0.2, 0) is 29.0 Å². The predicted octanol–water partition coefficient (Wildman–Crippen LogP) is 6.25. The van der Waals surface area contributed by atoms with Crippen molar-refractivity contribution in [2.24, 2.45) is 0 Å². The van der Waals surface area contributed by atoms with Gasteiger partial charge in [-0.1, -0.05) is 80.1 Å². The van der Waals surface area contributed by atoms with Gasteiger partial charge in [0.15, 0.2) is 6.61 Å². The number of hydrogen-bond acceptors (Lipinski definition) is 3. The monoisotopic (exact) mass is 564 g/mol.